The Hall–Kier alpha value is -3.18. The molecule has 1 N–H and O–H groups in total. The lowest BCUT2D eigenvalue weighted by atomic mass is 10.1. The molecule has 0 fully saturated rings. The molecule has 27 heavy (non-hydrogen) atoms. The molecule has 0 atom stereocenters. The van der Waals surface area contributed by atoms with Gasteiger partial charge in [0.25, 0.3) is 0 Å². The van der Waals surface area contributed by atoms with E-state index in [0.29, 0.717) is 0 Å². The molecule has 2 aromatic carbocycles. The Labute approximate surface area is 157 Å². The van der Waals surface area contributed by atoms with Crippen LogP contribution in [0.4, 0.5) is 0 Å². The monoisotopic (exact) mass is 359 g/mol. The van der Waals surface area contributed by atoms with Crippen molar-refractivity contribution >= 4 is 5.65 Å². The highest BCUT2D eigenvalue weighted by molar-refractivity contribution is 5.67. The Balaban J connectivity index is 1.78. The van der Waals surface area contributed by atoms with Crippen molar-refractivity contribution in [1.29, 1.82) is 0 Å². The summed E-state index contributed by atoms with van der Waals surface area (Å²) in [5.41, 5.74) is 5.43. The van der Waals surface area contributed by atoms with Gasteiger partial charge in [-0.25, -0.2) is 4.98 Å². The zero-order valence-electron chi connectivity index (χ0n) is 15.3. The number of imidazole rings is 1. The van der Waals surface area contributed by atoms with Crippen LogP contribution >= 0.6 is 0 Å². The first-order chi connectivity index (χ1) is 13.1. The lowest BCUT2D eigenvalue weighted by Crippen LogP contribution is -2.05. The number of aromatic nitrogens is 3. The van der Waals surface area contributed by atoms with E-state index in [4.69, 9.17) is 4.74 Å². The number of hydrogen-bond donors (Lipinski definition) is 1. The number of hydrogen-bond acceptors (Lipinski definition) is 4. The van der Waals surface area contributed by atoms with E-state index in [0.717, 1.165) is 39.5 Å². The molecule has 2 aromatic heterocycles. The Morgan fingerprint density at radius 1 is 1.00 bits per heavy atom. The van der Waals surface area contributed by atoms with E-state index >= 15 is 0 Å². The summed E-state index contributed by atoms with van der Waals surface area (Å²) in [5, 5.41) is 9.41. The van der Waals surface area contributed by atoms with Crippen LogP contribution in [0.5, 0.6) is 5.75 Å². The van der Waals surface area contributed by atoms with Gasteiger partial charge in [0.2, 0.25) is 0 Å². The van der Waals surface area contributed by atoms with E-state index in [-0.39, 0.29) is 12.7 Å². The van der Waals surface area contributed by atoms with Crippen molar-refractivity contribution in [3.63, 3.8) is 0 Å². The number of fused-ring (bicyclic) bond motifs is 1. The molecule has 0 radical (unpaired) electrons. The number of aliphatic hydroxyl groups is 1. The highest BCUT2D eigenvalue weighted by Crippen LogP contribution is 2.26. The van der Waals surface area contributed by atoms with E-state index < -0.39 is 0 Å². The molecule has 136 valence electrons. The fraction of sp³-hybridized carbons (Fsp3) is 0.182. The van der Waals surface area contributed by atoms with Crippen LogP contribution in [-0.2, 0) is 6.61 Å². The molecule has 4 rings (SSSR count). The van der Waals surface area contributed by atoms with Gasteiger partial charge in [0.1, 0.15) is 5.75 Å². The zero-order chi connectivity index (χ0) is 18.8. The maximum Gasteiger partial charge on any atom is 0.155 e. The first-order valence-corrected chi connectivity index (χ1v) is 8.94. The van der Waals surface area contributed by atoms with Crippen LogP contribution in [-0.4, -0.2) is 25.6 Å². The van der Waals surface area contributed by atoms with Crippen molar-refractivity contribution in [2.75, 3.05) is 0 Å². The van der Waals surface area contributed by atoms with Gasteiger partial charge in [-0.3, -0.25) is 9.38 Å². The van der Waals surface area contributed by atoms with E-state index in [2.05, 4.69) is 9.97 Å². The van der Waals surface area contributed by atoms with Crippen molar-refractivity contribution in [3.05, 3.63) is 72.7 Å². The Kier molecular flexibility index (Phi) is 4.60. The minimum Gasteiger partial charge on any atom is -0.491 e. The van der Waals surface area contributed by atoms with E-state index in [1.165, 1.54) is 0 Å². The summed E-state index contributed by atoms with van der Waals surface area (Å²) in [5.74, 6) is 0.825. The summed E-state index contributed by atoms with van der Waals surface area (Å²) < 4.78 is 7.82. The fourth-order valence-corrected chi connectivity index (χ4v) is 3.08. The van der Waals surface area contributed by atoms with E-state index in [1.54, 1.807) is 6.20 Å². The average molecular weight is 359 g/mol. The fourth-order valence-electron chi connectivity index (χ4n) is 3.08. The third kappa shape index (κ3) is 3.55. The second kappa shape index (κ2) is 7.21. The third-order valence-electron chi connectivity index (χ3n) is 4.30. The van der Waals surface area contributed by atoms with Crippen LogP contribution in [0.1, 0.15) is 19.4 Å². The van der Waals surface area contributed by atoms with E-state index in [9.17, 15) is 5.11 Å². The lowest BCUT2D eigenvalue weighted by Gasteiger charge is -2.11. The molecule has 0 spiro atoms. The molecular weight excluding hydrogens is 338 g/mol. The van der Waals surface area contributed by atoms with Crippen LogP contribution in [0.15, 0.2) is 67.1 Å². The van der Waals surface area contributed by atoms with Gasteiger partial charge < -0.3 is 9.84 Å². The van der Waals surface area contributed by atoms with Gasteiger partial charge in [0.15, 0.2) is 5.65 Å². The maximum absolute atomic E-state index is 9.41. The molecule has 2 heterocycles. The SMILES string of the molecule is CC(C)Oc1cccc(-c2cn3c(-c4cccc(CO)c4)cnc3cn2)c1. The molecule has 0 aliphatic heterocycles. The largest absolute Gasteiger partial charge is 0.491 e. The van der Waals surface area contributed by atoms with Gasteiger partial charge in [-0.2, -0.15) is 0 Å². The van der Waals surface area contributed by atoms with Gasteiger partial charge in [-0.05, 0) is 37.6 Å². The number of benzene rings is 2. The first-order valence-electron chi connectivity index (χ1n) is 8.94. The Bertz CT molecular complexity index is 1090. The molecule has 0 bridgehead atoms. The molecule has 4 aromatic rings. The van der Waals surface area contributed by atoms with Crippen LogP contribution in [0.25, 0.3) is 28.2 Å². The maximum atomic E-state index is 9.41. The smallest absolute Gasteiger partial charge is 0.155 e. The van der Waals surface area contributed by atoms with Gasteiger partial charge in [-0.1, -0.05) is 30.3 Å². The second-order valence-corrected chi connectivity index (χ2v) is 6.70. The number of aliphatic hydroxyl groups excluding tert-OH is 1. The molecule has 0 aliphatic carbocycles. The summed E-state index contributed by atoms with van der Waals surface area (Å²) in [4.78, 5) is 9.01. The van der Waals surface area contributed by atoms with Crippen molar-refractivity contribution in [2.45, 2.75) is 26.6 Å². The van der Waals surface area contributed by atoms with Crippen molar-refractivity contribution in [3.8, 4) is 28.3 Å². The number of nitrogens with zero attached hydrogens (tertiary/aromatic N) is 3. The van der Waals surface area contributed by atoms with Crippen LogP contribution in [0, 0.1) is 0 Å². The number of ether oxygens (including phenoxy) is 1. The molecule has 5 heteroatoms. The standard InChI is InChI=1S/C22H21N3O2/c1-15(2)27-19-8-4-6-17(10-19)20-13-25-21(11-24-22(25)12-23-20)18-7-3-5-16(9-18)14-26/h3-13,15,26H,14H2,1-2H3. The summed E-state index contributed by atoms with van der Waals surface area (Å²) in [6, 6.07) is 15.8. The zero-order valence-corrected chi connectivity index (χ0v) is 15.3. The molecule has 0 aliphatic rings. The summed E-state index contributed by atoms with van der Waals surface area (Å²) in [7, 11) is 0. The van der Waals surface area contributed by atoms with Gasteiger partial charge in [-0.15, -0.1) is 0 Å². The van der Waals surface area contributed by atoms with Crippen LogP contribution in [0.2, 0.25) is 0 Å². The molecule has 0 amide bonds. The normalized spacial score (nSPS) is 11.3. The minimum atomic E-state index is 0.0139. The van der Waals surface area contributed by atoms with Crippen molar-refractivity contribution in [2.24, 2.45) is 0 Å². The minimum absolute atomic E-state index is 0.0139. The second-order valence-electron chi connectivity index (χ2n) is 6.70. The quantitative estimate of drug-likeness (QED) is 0.576. The first kappa shape index (κ1) is 17.2. The van der Waals surface area contributed by atoms with Gasteiger partial charge in [0, 0.05) is 17.3 Å². The highest BCUT2D eigenvalue weighted by atomic mass is 16.5. The predicted molar refractivity (Wildman–Crippen MR) is 106 cm³/mol. The Morgan fingerprint density at radius 3 is 2.63 bits per heavy atom. The highest BCUT2D eigenvalue weighted by Gasteiger charge is 2.10. The van der Waals surface area contributed by atoms with Gasteiger partial charge >= 0.3 is 0 Å². The molecule has 0 saturated heterocycles. The topological polar surface area (TPSA) is 59.7 Å². The summed E-state index contributed by atoms with van der Waals surface area (Å²) in [6.07, 6.45) is 5.70. The summed E-state index contributed by atoms with van der Waals surface area (Å²) >= 11 is 0. The van der Waals surface area contributed by atoms with Crippen LogP contribution in [0.3, 0.4) is 0 Å². The van der Waals surface area contributed by atoms with Crippen molar-refractivity contribution in [1.82, 2.24) is 14.4 Å². The van der Waals surface area contributed by atoms with E-state index in [1.807, 2.05) is 79.2 Å². The van der Waals surface area contributed by atoms with Crippen LogP contribution < -0.4 is 4.74 Å². The molecule has 0 unspecified atom stereocenters. The van der Waals surface area contributed by atoms with Gasteiger partial charge in [0.05, 0.1) is 36.5 Å². The number of rotatable bonds is 5. The molecule has 0 saturated carbocycles. The van der Waals surface area contributed by atoms with Crippen molar-refractivity contribution < 1.29 is 9.84 Å². The predicted octanol–water partition coefficient (Wildman–Crippen LogP) is 4.34. The summed E-state index contributed by atoms with van der Waals surface area (Å²) in [6.45, 7) is 4.03. The average Bonchev–Trinajstić information content (AvgIpc) is 3.11. The third-order valence-corrected chi connectivity index (χ3v) is 4.30. The molecular formula is C22H21N3O2. The Morgan fingerprint density at radius 2 is 1.81 bits per heavy atom. The molecule has 5 nitrogen and oxygen atoms in total. The lowest BCUT2D eigenvalue weighted by molar-refractivity contribution is 0.242.